The van der Waals surface area contributed by atoms with E-state index in [-0.39, 0.29) is 23.8 Å². The smallest absolute Gasteiger partial charge is 0.325 e. The second kappa shape index (κ2) is 7.66. The lowest BCUT2D eigenvalue weighted by Gasteiger charge is -2.43. The van der Waals surface area contributed by atoms with Crippen molar-refractivity contribution in [1.29, 1.82) is 0 Å². The number of aryl methyl sites for hydroxylation is 1. The number of hydrogen-bond donors (Lipinski definition) is 2. The largest absolute Gasteiger partial charge is 0.353 e. The predicted molar refractivity (Wildman–Crippen MR) is 117 cm³/mol. The predicted octanol–water partition coefficient (Wildman–Crippen LogP) is 2.60. The molecule has 8 nitrogen and oxygen atoms in total. The maximum absolute atomic E-state index is 13.2. The first-order valence-corrected chi connectivity index (χ1v) is 10.9. The number of imidazole rings is 1. The molecule has 2 N–H and O–H groups in total. The molecule has 1 aliphatic heterocycles. The molecule has 8 heteroatoms. The summed E-state index contributed by atoms with van der Waals surface area (Å²) in [4.78, 5) is 43.8. The second-order valence-corrected chi connectivity index (χ2v) is 9.91. The highest BCUT2D eigenvalue weighted by atomic mass is 16.2. The normalized spacial score (nSPS) is 25.3. The molecule has 1 aromatic heterocycles. The average Bonchev–Trinajstić information content (AvgIpc) is 3.09. The van der Waals surface area contributed by atoms with Gasteiger partial charge in [-0.3, -0.25) is 14.5 Å². The Balaban J connectivity index is 1.37. The number of benzene rings is 1. The number of nitrogens with zero attached hydrogens (tertiary/aromatic N) is 3. The minimum Gasteiger partial charge on any atom is -0.353 e. The number of rotatable bonds is 5. The van der Waals surface area contributed by atoms with E-state index in [1.54, 1.807) is 0 Å². The van der Waals surface area contributed by atoms with Gasteiger partial charge in [-0.1, -0.05) is 32.9 Å². The van der Waals surface area contributed by atoms with Gasteiger partial charge in [-0.2, -0.15) is 0 Å². The molecule has 4 amide bonds. The van der Waals surface area contributed by atoms with Crippen molar-refractivity contribution in [3.05, 3.63) is 30.1 Å². The van der Waals surface area contributed by atoms with Crippen molar-refractivity contribution in [2.75, 3.05) is 13.1 Å². The molecule has 31 heavy (non-hydrogen) atoms. The number of nitrogens with one attached hydrogen (secondary N) is 2. The van der Waals surface area contributed by atoms with Crippen molar-refractivity contribution < 1.29 is 14.4 Å². The van der Waals surface area contributed by atoms with Gasteiger partial charge in [0.15, 0.2) is 0 Å². The van der Waals surface area contributed by atoms with Crippen LogP contribution in [0.3, 0.4) is 0 Å². The quantitative estimate of drug-likeness (QED) is 0.720. The molecule has 1 saturated heterocycles. The molecule has 166 valence electrons. The standard InChI is InChI=1S/C23H31N5O3/c1-15-11-22(3,4)14-23(12-15)20(30)28(21(31)26-23)13-19(29)24-9-10-27-16(2)25-17-7-5-6-8-18(17)27/h5-8,15H,9-14H2,1-4H3,(H,24,29)(H,26,31). The van der Waals surface area contributed by atoms with Crippen LogP contribution < -0.4 is 10.6 Å². The maximum Gasteiger partial charge on any atom is 0.325 e. The van der Waals surface area contributed by atoms with Crippen LogP contribution >= 0.6 is 0 Å². The van der Waals surface area contributed by atoms with Gasteiger partial charge in [0.1, 0.15) is 17.9 Å². The molecule has 2 fully saturated rings. The molecule has 2 atom stereocenters. The van der Waals surface area contributed by atoms with E-state index in [9.17, 15) is 14.4 Å². The van der Waals surface area contributed by atoms with Gasteiger partial charge in [0, 0.05) is 13.1 Å². The molecule has 2 heterocycles. The van der Waals surface area contributed by atoms with E-state index in [4.69, 9.17) is 0 Å². The van der Waals surface area contributed by atoms with Gasteiger partial charge in [-0.15, -0.1) is 0 Å². The van der Waals surface area contributed by atoms with Crippen LogP contribution in [0.25, 0.3) is 11.0 Å². The molecule has 0 radical (unpaired) electrons. The van der Waals surface area contributed by atoms with Crippen LogP contribution in [0.2, 0.25) is 0 Å². The summed E-state index contributed by atoms with van der Waals surface area (Å²) in [5.74, 6) is 0.588. The van der Waals surface area contributed by atoms with Gasteiger partial charge in [-0.25, -0.2) is 9.78 Å². The lowest BCUT2D eigenvalue weighted by Crippen LogP contribution is -2.54. The highest BCUT2D eigenvalue weighted by Crippen LogP contribution is 2.46. The van der Waals surface area contributed by atoms with E-state index in [1.165, 1.54) is 0 Å². The third kappa shape index (κ3) is 4.03. The molecule has 2 unspecified atom stereocenters. The van der Waals surface area contributed by atoms with E-state index >= 15 is 0 Å². The summed E-state index contributed by atoms with van der Waals surface area (Å²) in [6.45, 7) is 8.99. The van der Waals surface area contributed by atoms with E-state index in [0.29, 0.717) is 31.8 Å². The molecule has 1 aliphatic carbocycles. The highest BCUT2D eigenvalue weighted by molar-refractivity contribution is 6.09. The van der Waals surface area contributed by atoms with Crippen molar-refractivity contribution in [2.45, 2.75) is 59.0 Å². The summed E-state index contributed by atoms with van der Waals surface area (Å²) >= 11 is 0. The first-order chi connectivity index (χ1) is 14.6. The lowest BCUT2D eigenvalue weighted by atomic mass is 9.64. The maximum atomic E-state index is 13.2. The van der Waals surface area contributed by atoms with E-state index in [1.807, 2.05) is 35.8 Å². The summed E-state index contributed by atoms with van der Waals surface area (Å²) in [7, 11) is 0. The van der Waals surface area contributed by atoms with Crippen LogP contribution in [0.1, 0.15) is 45.9 Å². The fraction of sp³-hybridized carbons (Fsp3) is 0.565. The van der Waals surface area contributed by atoms with Crippen LogP contribution in [0.15, 0.2) is 24.3 Å². The van der Waals surface area contributed by atoms with Crippen LogP contribution in [0.5, 0.6) is 0 Å². The summed E-state index contributed by atoms with van der Waals surface area (Å²) in [6.07, 6.45) is 2.23. The van der Waals surface area contributed by atoms with E-state index in [0.717, 1.165) is 28.2 Å². The van der Waals surface area contributed by atoms with Gasteiger partial charge in [0.2, 0.25) is 5.91 Å². The average molecular weight is 426 g/mol. The summed E-state index contributed by atoms with van der Waals surface area (Å²) in [6, 6.07) is 7.38. The number of urea groups is 1. The number of amides is 4. The second-order valence-electron chi connectivity index (χ2n) is 9.91. The van der Waals surface area contributed by atoms with Crippen molar-refractivity contribution in [1.82, 2.24) is 25.1 Å². The molecule has 4 rings (SSSR count). The van der Waals surface area contributed by atoms with Gasteiger partial charge in [-0.05, 0) is 49.7 Å². The number of carbonyl (C=O) groups excluding carboxylic acids is 3. The lowest BCUT2D eigenvalue weighted by molar-refractivity contribution is -0.137. The van der Waals surface area contributed by atoms with Gasteiger partial charge in [0.25, 0.3) is 5.91 Å². The van der Waals surface area contributed by atoms with Crippen LogP contribution in [-0.4, -0.2) is 50.9 Å². The highest BCUT2D eigenvalue weighted by Gasteiger charge is 2.56. The Bertz CT molecular complexity index is 1040. The van der Waals surface area contributed by atoms with Crippen LogP contribution in [0, 0.1) is 18.3 Å². The minimum absolute atomic E-state index is 0.0374. The van der Waals surface area contributed by atoms with Crippen molar-refractivity contribution in [3.8, 4) is 0 Å². The fourth-order valence-corrected chi connectivity index (χ4v) is 5.63. The zero-order valence-electron chi connectivity index (χ0n) is 18.7. The third-order valence-electron chi connectivity index (χ3n) is 6.43. The third-order valence-corrected chi connectivity index (χ3v) is 6.43. The van der Waals surface area contributed by atoms with Crippen LogP contribution in [-0.2, 0) is 16.1 Å². The first kappa shape index (κ1) is 21.3. The molecule has 1 spiro atoms. The number of imide groups is 1. The van der Waals surface area contributed by atoms with Crippen LogP contribution in [0.4, 0.5) is 4.79 Å². The molecular formula is C23H31N5O3. The first-order valence-electron chi connectivity index (χ1n) is 10.9. The Labute approximate surface area is 182 Å². The Morgan fingerprint density at radius 3 is 2.74 bits per heavy atom. The summed E-state index contributed by atoms with van der Waals surface area (Å²) < 4.78 is 2.05. The van der Waals surface area contributed by atoms with Crippen molar-refractivity contribution in [2.24, 2.45) is 11.3 Å². The molecule has 1 saturated carbocycles. The number of para-hydroxylation sites is 2. The Kier molecular flexibility index (Phi) is 5.27. The number of hydrogen-bond acceptors (Lipinski definition) is 4. The van der Waals surface area contributed by atoms with Crippen molar-refractivity contribution in [3.63, 3.8) is 0 Å². The SMILES string of the molecule is Cc1nc2ccccc2n1CCNC(=O)CN1C(=O)NC2(CC(C)CC(C)(C)C2)C1=O. The molecule has 0 bridgehead atoms. The zero-order valence-corrected chi connectivity index (χ0v) is 18.7. The van der Waals surface area contributed by atoms with Gasteiger partial charge < -0.3 is 15.2 Å². The molecular weight excluding hydrogens is 394 g/mol. The monoisotopic (exact) mass is 425 g/mol. The Morgan fingerprint density at radius 2 is 2.00 bits per heavy atom. The minimum atomic E-state index is -0.884. The van der Waals surface area contributed by atoms with Gasteiger partial charge >= 0.3 is 6.03 Å². The fourth-order valence-electron chi connectivity index (χ4n) is 5.63. The van der Waals surface area contributed by atoms with E-state index in [2.05, 4.69) is 36.4 Å². The summed E-state index contributed by atoms with van der Waals surface area (Å²) in [5, 5.41) is 5.75. The Morgan fingerprint density at radius 1 is 1.26 bits per heavy atom. The van der Waals surface area contributed by atoms with Crippen molar-refractivity contribution >= 4 is 28.9 Å². The number of carbonyl (C=O) groups is 3. The Hall–Kier alpha value is -2.90. The van der Waals surface area contributed by atoms with E-state index < -0.39 is 11.6 Å². The topological polar surface area (TPSA) is 96.3 Å². The number of aromatic nitrogens is 2. The zero-order chi connectivity index (χ0) is 22.4. The molecule has 1 aromatic carbocycles. The number of fused-ring (bicyclic) bond motifs is 1. The van der Waals surface area contributed by atoms with Gasteiger partial charge in [0.05, 0.1) is 11.0 Å². The molecule has 2 aliphatic rings. The summed E-state index contributed by atoms with van der Waals surface area (Å²) in [5.41, 5.74) is 1.01. The molecule has 2 aromatic rings.